The summed E-state index contributed by atoms with van der Waals surface area (Å²) in [5.74, 6) is -0.135. The van der Waals surface area contributed by atoms with Gasteiger partial charge in [0.15, 0.2) is 0 Å². The second-order valence-electron chi connectivity index (χ2n) is 7.15. The molecule has 0 fully saturated rings. The number of hydrogen-bond acceptors (Lipinski definition) is 3. The number of methoxy groups -OCH3 is 1. The van der Waals surface area contributed by atoms with Crippen LogP contribution in [0.4, 0.5) is 0 Å². The van der Waals surface area contributed by atoms with Gasteiger partial charge in [0, 0.05) is 35.5 Å². The van der Waals surface area contributed by atoms with E-state index in [0.717, 1.165) is 33.5 Å². The van der Waals surface area contributed by atoms with Crippen LogP contribution < -0.4 is 10.1 Å². The van der Waals surface area contributed by atoms with Crippen molar-refractivity contribution in [3.63, 3.8) is 0 Å². The Balaban J connectivity index is 1.77. The van der Waals surface area contributed by atoms with E-state index in [0.29, 0.717) is 19.3 Å². The van der Waals surface area contributed by atoms with Gasteiger partial charge in [0.05, 0.1) is 7.11 Å². The fraction of sp³-hybridized carbons (Fsp3) is 0.304. The maximum Gasteiger partial charge on any atom is 0.303 e. The highest BCUT2D eigenvalue weighted by atomic mass is 16.5. The van der Waals surface area contributed by atoms with Crippen molar-refractivity contribution in [3.8, 4) is 17.0 Å². The summed E-state index contributed by atoms with van der Waals surface area (Å²) in [6.45, 7) is 1.83. The number of carboxylic acids is 1. The minimum Gasteiger partial charge on any atom is -0.497 e. The van der Waals surface area contributed by atoms with Crippen LogP contribution >= 0.6 is 0 Å². The number of fused-ring (bicyclic) bond motifs is 1. The van der Waals surface area contributed by atoms with Gasteiger partial charge in [0.2, 0.25) is 5.91 Å². The molecule has 0 radical (unpaired) electrons. The lowest BCUT2D eigenvalue weighted by Gasteiger charge is -2.13. The van der Waals surface area contributed by atoms with Crippen molar-refractivity contribution < 1.29 is 19.4 Å². The Labute approximate surface area is 169 Å². The third kappa shape index (κ3) is 5.16. The zero-order valence-corrected chi connectivity index (χ0v) is 16.7. The van der Waals surface area contributed by atoms with Crippen molar-refractivity contribution >= 4 is 22.8 Å². The number of benzene rings is 2. The van der Waals surface area contributed by atoms with E-state index in [9.17, 15) is 9.59 Å². The number of ether oxygens (including phenoxy) is 1. The van der Waals surface area contributed by atoms with Crippen molar-refractivity contribution in [1.29, 1.82) is 0 Å². The van der Waals surface area contributed by atoms with Crippen LogP contribution in [0.1, 0.15) is 31.7 Å². The number of carboxylic acid groups (broad SMARTS) is 1. The van der Waals surface area contributed by atoms with Gasteiger partial charge in [-0.2, -0.15) is 0 Å². The van der Waals surface area contributed by atoms with E-state index in [4.69, 9.17) is 9.84 Å². The summed E-state index contributed by atoms with van der Waals surface area (Å²) in [6, 6.07) is 15.7. The van der Waals surface area contributed by atoms with Crippen molar-refractivity contribution in [3.05, 3.63) is 54.1 Å². The Kier molecular flexibility index (Phi) is 6.54. The van der Waals surface area contributed by atoms with Crippen molar-refractivity contribution in [2.45, 2.75) is 38.6 Å². The molecule has 6 nitrogen and oxygen atoms in total. The first kappa shape index (κ1) is 20.5. The Morgan fingerprint density at radius 3 is 2.52 bits per heavy atom. The van der Waals surface area contributed by atoms with E-state index in [1.807, 2.05) is 49.4 Å². The summed E-state index contributed by atoms with van der Waals surface area (Å²) in [4.78, 5) is 26.5. The van der Waals surface area contributed by atoms with Gasteiger partial charge >= 0.3 is 5.97 Å². The molecule has 0 bridgehead atoms. The molecular formula is C23H26N2O4. The number of aromatic amines is 1. The van der Waals surface area contributed by atoms with Crippen molar-refractivity contribution in [1.82, 2.24) is 10.3 Å². The van der Waals surface area contributed by atoms with Gasteiger partial charge < -0.3 is 20.1 Å². The number of rotatable bonds is 9. The van der Waals surface area contributed by atoms with E-state index < -0.39 is 5.97 Å². The highest BCUT2D eigenvalue weighted by molar-refractivity contribution is 5.91. The van der Waals surface area contributed by atoms with Gasteiger partial charge in [-0.25, -0.2) is 0 Å². The summed E-state index contributed by atoms with van der Waals surface area (Å²) in [6.07, 6.45) is 1.39. The van der Waals surface area contributed by atoms with Crippen LogP contribution in [0.25, 0.3) is 22.2 Å². The molecule has 1 unspecified atom stereocenters. The second kappa shape index (κ2) is 9.28. The lowest BCUT2D eigenvalue weighted by molar-refractivity contribution is -0.137. The number of aromatic nitrogens is 1. The van der Waals surface area contributed by atoms with E-state index in [-0.39, 0.29) is 18.4 Å². The normalized spacial score (nSPS) is 11.9. The lowest BCUT2D eigenvalue weighted by atomic mass is 10.0. The summed E-state index contributed by atoms with van der Waals surface area (Å²) >= 11 is 0. The van der Waals surface area contributed by atoms with Gasteiger partial charge in [-0.1, -0.05) is 18.2 Å². The molecule has 0 aliphatic heterocycles. The molecule has 2 aromatic carbocycles. The second-order valence-corrected chi connectivity index (χ2v) is 7.15. The predicted octanol–water partition coefficient (Wildman–Crippen LogP) is 4.15. The number of H-pyrrole nitrogens is 1. The zero-order valence-electron chi connectivity index (χ0n) is 16.7. The smallest absolute Gasteiger partial charge is 0.303 e. The van der Waals surface area contributed by atoms with Crippen LogP contribution in [-0.4, -0.2) is 35.1 Å². The molecular weight excluding hydrogens is 368 g/mol. The molecule has 1 amide bonds. The fourth-order valence-corrected chi connectivity index (χ4v) is 3.46. The molecule has 1 aromatic heterocycles. The minimum absolute atomic E-state index is 0.0471. The highest BCUT2D eigenvalue weighted by Crippen LogP contribution is 2.32. The van der Waals surface area contributed by atoms with Gasteiger partial charge in [0.1, 0.15) is 5.75 Å². The molecule has 3 aromatic rings. The molecule has 0 saturated carbocycles. The molecule has 29 heavy (non-hydrogen) atoms. The number of nitrogens with one attached hydrogen (secondary N) is 2. The quantitative estimate of drug-likeness (QED) is 0.508. The summed E-state index contributed by atoms with van der Waals surface area (Å²) in [5, 5.41) is 12.8. The number of carbonyl (C=O) groups is 2. The zero-order chi connectivity index (χ0) is 20.8. The average molecular weight is 394 g/mol. The fourth-order valence-electron chi connectivity index (χ4n) is 3.46. The third-order valence-corrected chi connectivity index (χ3v) is 4.99. The first-order valence-corrected chi connectivity index (χ1v) is 9.73. The monoisotopic (exact) mass is 394 g/mol. The van der Waals surface area contributed by atoms with Crippen molar-refractivity contribution in [2.75, 3.05) is 7.11 Å². The largest absolute Gasteiger partial charge is 0.497 e. The van der Waals surface area contributed by atoms with E-state index >= 15 is 0 Å². The third-order valence-electron chi connectivity index (χ3n) is 4.99. The topological polar surface area (TPSA) is 91.4 Å². The highest BCUT2D eigenvalue weighted by Gasteiger charge is 2.15. The molecule has 6 heteroatoms. The summed E-state index contributed by atoms with van der Waals surface area (Å²) in [5.41, 5.74) is 4.16. The van der Waals surface area contributed by atoms with Crippen molar-refractivity contribution in [2.24, 2.45) is 0 Å². The standard InChI is InChI=1S/C23H26N2O4/c1-15(7-14-22(27)28)24-21(26)13-12-19-18-5-3-4-6-20(18)25-23(19)16-8-10-17(29-2)11-9-16/h3-6,8-11,15,25H,7,12-14H2,1-2H3,(H,24,26)(H,27,28). The van der Waals surface area contributed by atoms with Gasteiger partial charge in [-0.3, -0.25) is 9.59 Å². The molecule has 0 spiro atoms. The first-order valence-electron chi connectivity index (χ1n) is 9.73. The maximum atomic E-state index is 12.4. The molecule has 1 atom stereocenters. The van der Waals surface area contributed by atoms with Crippen LogP contribution in [0.15, 0.2) is 48.5 Å². The Hall–Kier alpha value is -3.28. The number of aliphatic carboxylic acids is 1. The Morgan fingerprint density at radius 2 is 1.83 bits per heavy atom. The molecule has 152 valence electrons. The first-order chi connectivity index (χ1) is 14.0. The number of para-hydroxylation sites is 1. The number of hydrogen-bond donors (Lipinski definition) is 3. The van der Waals surface area contributed by atoms with Gasteiger partial charge in [-0.05, 0) is 61.2 Å². The number of amides is 1. The Morgan fingerprint density at radius 1 is 1.10 bits per heavy atom. The van der Waals surface area contributed by atoms with Crippen LogP contribution in [0, 0.1) is 0 Å². The lowest BCUT2D eigenvalue weighted by Crippen LogP contribution is -2.33. The SMILES string of the molecule is COc1ccc(-c2[nH]c3ccccc3c2CCC(=O)NC(C)CCC(=O)O)cc1. The van der Waals surface area contributed by atoms with Crippen LogP contribution in [-0.2, 0) is 16.0 Å². The molecule has 0 aliphatic rings. The molecule has 0 aliphatic carbocycles. The van der Waals surface area contributed by atoms with Crippen LogP contribution in [0.2, 0.25) is 0 Å². The van der Waals surface area contributed by atoms with Crippen LogP contribution in [0.3, 0.4) is 0 Å². The summed E-state index contributed by atoms with van der Waals surface area (Å²) in [7, 11) is 1.64. The maximum absolute atomic E-state index is 12.4. The van der Waals surface area contributed by atoms with E-state index in [1.54, 1.807) is 7.11 Å². The molecule has 3 N–H and O–H groups in total. The summed E-state index contributed by atoms with van der Waals surface area (Å²) < 4.78 is 5.24. The van der Waals surface area contributed by atoms with E-state index in [2.05, 4.69) is 16.4 Å². The Bertz CT molecular complexity index is 992. The van der Waals surface area contributed by atoms with Crippen LogP contribution in [0.5, 0.6) is 5.75 Å². The molecule has 0 saturated heterocycles. The average Bonchev–Trinajstić information content (AvgIpc) is 3.09. The van der Waals surface area contributed by atoms with E-state index in [1.165, 1.54) is 0 Å². The molecule has 1 heterocycles. The molecule has 3 rings (SSSR count). The minimum atomic E-state index is -0.853. The number of aryl methyl sites for hydroxylation is 1. The number of carbonyl (C=O) groups excluding carboxylic acids is 1. The van der Waals surface area contributed by atoms with Gasteiger partial charge in [-0.15, -0.1) is 0 Å². The predicted molar refractivity (Wildman–Crippen MR) is 113 cm³/mol. The van der Waals surface area contributed by atoms with Gasteiger partial charge in [0.25, 0.3) is 0 Å².